The lowest BCUT2D eigenvalue weighted by Gasteiger charge is -2.20. The van der Waals surface area contributed by atoms with Gasteiger partial charge in [-0.15, -0.1) is 0 Å². The van der Waals surface area contributed by atoms with Crippen LogP contribution in [-0.4, -0.2) is 44.2 Å². The molecule has 1 unspecified atom stereocenters. The molecule has 2 N–H and O–H groups in total. The number of amides is 2. The molecule has 3 aliphatic rings. The number of fused-ring (bicyclic) bond motifs is 2. The summed E-state index contributed by atoms with van der Waals surface area (Å²) >= 11 is 0. The first kappa shape index (κ1) is 19.7. The quantitative estimate of drug-likeness (QED) is 0.790. The Morgan fingerprint density at radius 3 is 2.36 bits per heavy atom. The van der Waals surface area contributed by atoms with Crippen molar-refractivity contribution in [2.75, 3.05) is 24.2 Å². The fraction of sp³-hybridized carbons (Fsp3) is 0.667. The number of nitrogens with one attached hydrogen (secondary N) is 2. The number of rotatable bonds is 5. The Hall–Kier alpha value is -1.60. The molecular weight excluding hydrogens is 374 g/mol. The molecule has 1 aromatic rings. The van der Waals surface area contributed by atoms with Crippen molar-refractivity contribution < 1.29 is 13.2 Å². The summed E-state index contributed by atoms with van der Waals surface area (Å²) < 4.78 is 27.3. The van der Waals surface area contributed by atoms with Gasteiger partial charge < -0.3 is 10.2 Å². The van der Waals surface area contributed by atoms with Gasteiger partial charge in [0, 0.05) is 18.3 Å². The summed E-state index contributed by atoms with van der Waals surface area (Å²) in [7, 11) is -3.65. The van der Waals surface area contributed by atoms with E-state index in [9.17, 15) is 13.2 Å². The van der Waals surface area contributed by atoms with Crippen LogP contribution >= 0.6 is 0 Å². The van der Waals surface area contributed by atoms with Crippen LogP contribution in [0.2, 0.25) is 0 Å². The summed E-state index contributed by atoms with van der Waals surface area (Å²) in [5.74, 6) is 0.0900. The first-order valence-electron chi connectivity index (χ1n) is 10.5. The van der Waals surface area contributed by atoms with Crippen molar-refractivity contribution in [3.05, 3.63) is 28.3 Å². The van der Waals surface area contributed by atoms with Gasteiger partial charge in [-0.2, -0.15) is 0 Å². The van der Waals surface area contributed by atoms with Gasteiger partial charge in [0.15, 0.2) is 0 Å². The highest BCUT2D eigenvalue weighted by atomic mass is 32.2. The Morgan fingerprint density at radius 2 is 1.79 bits per heavy atom. The van der Waals surface area contributed by atoms with Crippen molar-refractivity contribution in [1.82, 2.24) is 9.62 Å². The number of benzene rings is 1. The van der Waals surface area contributed by atoms with Crippen LogP contribution in [0.15, 0.2) is 6.07 Å². The van der Waals surface area contributed by atoms with E-state index in [2.05, 4.69) is 34.9 Å². The van der Waals surface area contributed by atoms with Crippen LogP contribution in [0.5, 0.6) is 0 Å². The van der Waals surface area contributed by atoms with E-state index in [-0.39, 0.29) is 11.7 Å². The molecule has 0 bridgehead atoms. The molecule has 0 saturated carbocycles. The number of anilines is 1. The molecule has 0 aromatic heterocycles. The normalized spacial score (nSPS) is 21.8. The minimum Gasteiger partial charge on any atom is -0.307 e. The fourth-order valence-electron chi connectivity index (χ4n) is 5.07. The molecule has 2 amide bonds. The lowest BCUT2D eigenvalue weighted by atomic mass is 9.99. The molecule has 154 valence electrons. The van der Waals surface area contributed by atoms with E-state index in [0.717, 1.165) is 63.7 Å². The summed E-state index contributed by atoms with van der Waals surface area (Å²) in [5.41, 5.74) is 5.92. The minimum atomic E-state index is -3.65. The first-order chi connectivity index (χ1) is 13.3. The maximum atomic E-state index is 12.6. The van der Waals surface area contributed by atoms with Crippen molar-refractivity contribution >= 4 is 21.7 Å². The van der Waals surface area contributed by atoms with Crippen LogP contribution in [0.25, 0.3) is 0 Å². The summed E-state index contributed by atoms with van der Waals surface area (Å²) in [6.07, 6.45) is 7.06. The second kappa shape index (κ2) is 7.67. The monoisotopic (exact) mass is 405 g/mol. The topological polar surface area (TPSA) is 78.5 Å². The Bertz CT molecular complexity index is 847. The lowest BCUT2D eigenvalue weighted by molar-refractivity contribution is 0.256. The molecule has 28 heavy (non-hydrogen) atoms. The average molecular weight is 406 g/mol. The minimum absolute atomic E-state index is 0.00858. The number of sulfonamides is 1. The summed E-state index contributed by atoms with van der Waals surface area (Å²) in [6, 6.07) is 2.10. The molecular formula is C21H31N3O3S. The third-order valence-corrected chi connectivity index (χ3v) is 7.87. The Kier molecular flexibility index (Phi) is 5.40. The molecule has 0 radical (unpaired) electrons. The van der Waals surface area contributed by atoms with Crippen molar-refractivity contribution in [2.24, 2.45) is 5.92 Å². The van der Waals surface area contributed by atoms with Crippen molar-refractivity contribution in [1.29, 1.82) is 0 Å². The predicted molar refractivity (Wildman–Crippen MR) is 111 cm³/mol. The van der Waals surface area contributed by atoms with Crippen LogP contribution in [0, 0.1) is 5.92 Å². The molecule has 6 nitrogen and oxygen atoms in total. The summed E-state index contributed by atoms with van der Waals surface area (Å²) in [4.78, 5) is 14.9. The molecule has 1 atom stereocenters. The van der Waals surface area contributed by atoms with Gasteiger partial charge in [-0.25, -0.2) is 17.9 Å². The maximum Gasteiger partial charge on any atom is 0.332 e. The number of likely N-dealkylation sites (tertiary alicyclic amines) is 1. The lowest BCUT2D eigenvalue weighted by Crippen LogP contribution is -2.38. The van der Waals surface area contributed by atoms with E-state index < -0.39 is 16.1 Å². The van der Waals surface area contributed by atoms with Crippen LogP contribution in [0.4, 0.5) is 10.5 Å². The Morgan fingerprint density at radius 1 is 1.14 bits per heavy atom. The molecule has 4 rings (SSSR count). The fourth-order valence-corrected chi connectivity index (χ4v) is 6.38. The van der Waals surface area contributed by atoms with E-state index in [1.165, 1.54) is 22.3 Å². The second-order valence-electron chi connectivity index (χ2n) is 8.82. The van der Waals surface area contributed by atoms with E-state index in [0.29, 0.717) is 6.04 Å². The number of hydrogen-bond acceptors (Lipinski definition) is 4. The standard InChI is InChI=1S/C21H31N3O3S/c1-14(2)24-10-9-15(12-24)13-28(26,27)23-21(25)22-20-18-7-3-5-16(18)11-17-6-4-8-19(17)20/h11,14-15H,3-10,12-13H2,1-2H3,(H2,22,23,25). The first-order valence-corrected chi connectivity index (χ1v) is 12.2. The third-order valence-electron chi connectivity index (χ3n) is 6.46. The van der Waals surface area contributed by atoms with Crippen LogP contribution in [0.1, 0.15) is 55.4 Å². The number of urea groups is 1. The summed E-state index contributed by atoms with van der Waals surface area (Å²) in [6.45, 7) is 5.95. The van der Waals surface area contributed by atoms with Gasteiger partial charge in [0.1, 0.15) is 0 Å². The summed E-state index contributed by atoms with van der Waals surface area (Å²) in [5, 5.41) is 2.91. The molecule has 1 aliphatic heterocycles. The highest BCUT2D eigenvalue weighted by Crippen LogP contribution is 2.38. The Labute approximate surface area is 168 Å². The molecule has 2 aliphatic carbocycles. The zero-order valence-electron chi connectivity index (χ0n) is 16.9. The number of aryl methyl sites for hydroxylation is 2. The zero-order chi connectivity index (χ0) is 19.9. The van der Waals surface area contributed by atoms with E-state index in [1.807, 2.05) is 0 Å². The number of carbonyl (C=O) groups is 1. The highest BCUT2D eigenvalue weighted by molar-refractivity contribution is 7.90. The van der Waals surface area contributed by atoms with Crippen LogP contribution in [-0.2, 0) is 35.7 Å². The molecule has 0 spiro atoms. The molecule has 1 fully saturated rings. The average Bonchev–Trinajstić information content (AvgIpc) is 3.32. The van der Waals surface area contributed by atoms with E-state index >= 15 is 0 Å². The van der Waals surface area contributed by atoms with E-state index in [4.69, 9.17) is 0 Å². The van der Waals surface area contributed by atoms with Gasteiger partial charge >= 0.3 is 6.03 Å². The van der Waals surface area contributed by atoms with Crippen molar-refractivity contribution in [3.63, 3.8) is 0 Å². The van der Waals surface area contributed by atoms with Crippen molar-refractivity contribution in [3.8, 4) is 0 Å². The number of nitrogens with zero attached hydrogens (tertiary/aromatic N) is 1. The third kappa shape index (κ3) is 4.06. The highest BCUT2D eigenvalue weighted by Gasteiger charge is 2.30. The van der Waals surface area contributed by atoms with Gasteiger partial charge in [0.25, 0.3) is 0 Å². The van der Waals surface area contributed by atoms with Crippen LogP contribution in [0.3, 0.4) is 0 Å². The van der Waals surface area contributed by atoms with Gasteiger partial charge in [-0.1, -0.05) is 6.07 Å². The van der Waals surface area contributed by atoms with Gasteiger partial charge in [0.05, 0.1) is 5.75 Å². The molecule has 7 heteroatoms. The zero-order valence-corrected chi connectivity index (χ0v) is 17.7. The molecule has 1 aromatic carbocycles. The smallest absolute Gasteiger partial charge is 0.307 e. The number of hydrogen-bond donors (Lipinski definition) is 2. The number of carbonyl (C=O) groups excluding carboxylic acids is 1. The molecule has 1 heterocycles. The SMILES string of the molecule is CC(C)N1CCC(CS(=O)(=O)NC(=O)Nc2c3c(cc4c2CCC4)CCC3)C1. The van der Waals surface area contributed by atoms with Crippen molar-refractivity contribution in [2.45, 2.75) is 64.8 Å². The van der Waals surface area contributed by atoms with Gasteiger partial charge in [-0.05, 0) is 93.5 Å². The second-order valence-corrected chi connectivity index (χ2v) is 10.6. The predicted octanol–water partition coefficient (Wildman–Crippen LogP) is 2.85. The largest absolute Gasteiger partial charge is 0.332 e. The van der Waals surface area contributed by atoms with Crippen LogP contribution < -0.4 is 10.0 Å². The maximum absolute atomic E-state index is 12.6. The van der Waals surface area contributed by atoms with E-state index in [1.54, 1.807) is 0 Å². The molecule has 1 saturated heterocycles. The van der Waals surface area contributed by atoms with Gasteiger partial charge in [-0.3, -0.25) is 0 Å². The Balaban J connectivity index is 1.43. The van der Waals surface area contributed by atoms with Gasteiger partial charge in [0.2, 0.25) is 10.0 Å².